The first-order valence-corrected chi connectivity index (χ1v) is 5.84. The Morgan fingerprint density at radius 2 is 1.67 bits per heavy atom. The first kappa shape index (κ1) is 9.95. The molecule has 0 N–H and O–H groups in total. The molecule has 72 valence electrons. The van der Waals surface area contributed by atoms with Crippen molar-refractivity contribution in [1.82, 2.24) is 4.31 Å². The fourth-order valence-corrected chi connectivity index (χ4v) is 3.07. The second kappa shape index (κ2) is 3.32. The van der Waals surface area contributed by atoms with Gasteiger partial charge in [-0.25, -0.2) is 8.42 Å². The predicted molar refractivity (Wildman–Crippen MR) is 46.4 cm³/mol. The molecule has 5 heteroatoms. The average molecular weight is 193 g/mol. The molecular weight excluding hydrogens is 178 g/mol. The Labute approximate surface area is 73.6 Å². The summed E-state index contributed by atoms with van der Waals surface area (Å²) in [5.41, 5.74) is 0. The maximum absolute atomic E-state index is 11.3. The molecule has 0 aromatic rings. The summed E-state index contributed by atoms with van der Waals surface area (Å²) in [6.45, 7) is 4.71. The van der Waals surface area contributed by atoms with Crippen LogP contribution in [0, 0.1) is 0 Å². The largest absolute Gasteiger partial charge is 0.378 e. The maximum Gasteiger partial charge on any atom is 0.211 e. The molecule has 1 aliphatic rings. The van der Waals surface area contributed by atoms with Crippen molar-refractivity contribution in [2.75, 3.05) is 19.5 Å². The number of rotatable bonds is 1. The molecule has 0 saturated carbocycles. The molecule has 0 aromatic carbocycles. The topological polar surface area (TPSA) is 46.6 Å². The van der Waals surface area contributed by atoms with E-state index in [-0.39, 0.29) is 12.1 Å². The summed E-state index contributed by atoms with van der Waals surface area (Å²) in [6, 6.07) is -0.0764. The predicted octanol–water partition coefficient (Wildman–Crippen LogP) is 0.0552. The van der Waals surface area contributed by atoms with Crippen LogP contribution in [-0.4, -0.2) is 44.3 Å². The summed E-state index contributed by atoms with van der Waals surface area (Å²) in [5.74, 6) is 0. The van der Waals surface area contributed by atoms with Crippen molar-refractivity contribution in [1.29, 1.82) is 0 Å². The number of nitrogens with zero attached hydrogens (tertiary/aromatic N) is 1. The van der Waals surface area contributed by atoms with Gasteiger partial charge in [-0.2, -0.15) is 4.31 Å². The average Bonchev–Trinajstić information content (AvgIpc) is 1.82. The minimum atomic E-state index is -3.07. The third-order valence-electron chi connectivity index (χ3n) is 1.97. The van der Waals surface area contributed by atoms with Crippen LogP contribution in [0.3, 0.4) is 0 Å². The van der Waals surface area contributed by atoms with Crippen molar-refractivity contribution in [3.8, 4) is 0 Å². The molecule has 1 saturated heterocycles. The first-order valence-electron chi connectivity index (χ1n) is 3.99. The quantitative estimate of drug-likeness (QED) is 0.591. The van der Waals surface area contributed by atoms with Gasteiger partial charge in [-0.05, 0) is 13.8 Å². The summed E-state index contributed by atoms with van der Waals surface area (Å²) in [5, 5.41) is 0. The highest BCUT2D eigenvalue weighted by molar-refractivity contribution is 7.88. The molecule has 0 spiro atoms. The summed E-state index contributed by atoms with van der Waals surface area (Å²) in [6.07, 6.45) is 1.24. The van der Waals surface area contributed by atoms with Gasteiger partial charge in [-0.15, -0.1) is 0 Å². The molecule has 1 fully saturated rings. The van der Waals surface area contributed by atoms with Crippen molar-refractivity contribution in [3.63, 3.8) is 0 Å². The summed E-state index contributed by atoms with van der Waals surface area (Å²) < 4.78 is 29.3. The van der Waals surface area contributed by atoms with Crippen LogP contribution < -0.4 is 0 Å². The fraction of sp³-hybridized carbons (Fsp3) is 1.00. The molecule has 2 atom stereocenters. The molecule has 12 heavy (non-hydrogen) atoms. The number of sulfonamides is 1. The van der Waals surface area contributed by atoms with Crippen molar-refractivity contribution in [3.05, 3.63) is 0 Å². The van der Waals surface area contributed by atoms with Crippen LogP contribution in [0.15, 0.2) is 0 Å². The molecule has 0 aromatic heterocycles. The van der Waals surface area contributed by atoms with Gasteiger partial charge >= 0.3 is 0 Å². The van der Waals surface area contributed by atoms with Crippen molar-refractivity contribution < 1.29 is 13.2 Å². The molecule has 4 nitrogen and oxygen atoms in total. The van der Waals surface area contributed by atoms with Gasteiger partial charge in [0.25, 0.3) is 0 Å². The van der Waals surface area contributed by atoms with Crippen molar-refractivity contribution in [2.45, 2.75) is 25.9 Å². The van der Waals surface area contributed by atoms with Crippen LogP contribution in [0.4, 0.5) is 0 Å². The van der Waals surface area contributed by atoms with Crippen molar-refractivity contribution >= 4 is 10.0 Å². The highest BCUT2D eigenvalue weighted by Gasteiger charge is 2.32. The third kappa shape index (κ3) is 1.97. The molecule has 0 bridgehead atoms. The second-order valence-electron chi connectivity index (χ2n) is 3.33. The molecule has 2 unspecified atom stereocenters. The Morgan fingerprint density at radius 1 is 1.25 bits per heavy atom. The molecule has 0 amide bonds. The normalized spacial score (nSPS) is 33.6. The van der Waals surface area contributed by atoms with E-state index in [9.17, 15) is 8.42 Å². The molecule has 1 heterocycles. The summed E-state index contributed by atoms with van der Waals surface area (Å²) in [7, 11) is -3.07. The third-order valence-corrected chi connectivity index (χ3v) is 3.46. The minimum absolute atomic E-state index is 0.0382. The lowest BCUT2D eigenvalue weighted by atomic mass is 10.2. The van der Waals surface area contributed by atoms with E-state index in [1.54, 1.807) is 0 Å². The van der Waals surface area contributed by atoms with Gasteiger partial charge < -0.3 is 4.74 Å². The van der Waals surface area contributed by atoms with E-state index in [4.69, 9.17) is 4.74 Å². The Hall–Kier alpha value is -0.130. The van der Waals surface area contributed by atoms with E-state index in [1.807, 2.05) is 13.8 Å². The van der Waals surface area contributed by atoms with E-state index >= 15 is 0 Å². The first-order chi connectivity index (χ1) is 5.43. The Bertz CT molecular complexity index is 239. The van der Waals surface area contributed by atoms with Crippen LogP contribution in [0.5, 0.6) is 0 Å². The lowest BCUT2D eigenvalue weighted by molar-refractivity contribution is 0.00671. The molecule has 1 aliphatic heterocycles. The number of morpholine rings is 1. The van der Waals surface area contributed by atoms with Crippen molar-refractivity contribution in [2.24, 2.45) is 0 Å². The highest BCUT2D eigenvalue weighted by Crippen LogP contribution is 2.16. The van der Waals surface area contributed by atoms with Gasteiger partial charge in [0, 0.05) is 12.1 Å². The van der Waals surface area contributed by atoms with E-state index in [2.05, 4.69) is 0 Å². The zero-order chi connectivity index (χ0) is 9.35. The molecule has 0 aliphatic carbocycles. The summed E-state index contributed by atoms with van der Waals surface area (Å²) >= 11 is 0. The number of hydrogen-bond acceptors (Lipinski definition) is 3. The Balaban J connectivity index is 2.84. The Morgan fingerprint density at radius 3 is 1.92 bits per heavy atom. The standard InChI is InChI=1S/C7H15NO3S/c1-6-4-11-5-7(2)8(6)12(3,9)10/h6-7H,4-5H2,1-3H3. The van der Waals surface area contributed by atoms with E-state index in [0.29, 0.717) is 13.2 Å². The second-order valence-corrected chi connectivity index (χ2v) is 5.22. The maximum atomic E-state index is 11.3. The van der Waals surface area contributed by atoms with E-state index < -0.39 is 10.0 Å². The van der Waals surface area contributed by atoms with E-state index in [0.717, 1.165) is 0 Å². The lowest BCUT2D eigenvalue weighted by Gasteiger charge is -2.36. The molecular formula is C7H15NO3S. The van der Waals surface area contributed by atoms with Gasteiger partial charge in [0.1, 0.15) is 0 Å². The van der Waals surface area contributed by atoms with E-state index in [1.165, 1.54) is 10.6 Å². The minimum Gasteiger partial charge on any atom is -0.378 e. The summed E-state index contributed by atoms with van der Waals surface area (Å²) in [4.78, 5) is 0. The van der Waals surface area contributed by atoms with Crippen LogP contribution >= 0.6 is 0 Å². The van der Waals surface area contributed by atoms with Gasteiger partial charge in [0.05, 0.1) is 19.5 Å². The smallest absolute Gasteiger partial charge is 0.211 e. The molecule has 0 radical (unpaired) electrons. The number of ether oxygens (including phenoxy) is 1. The zero-order valence-corrected chi connectivity index (χ0v) is 8.47. The zero-order valence-electron chi connectivity index (χ0n) is 7.65. The van der Waals surface area contributed by atoms with Crippen LogP contribution in [-0.2, 0) is 14.8 Å². The number of hydrogen-bond donors (Lipinski definition) is 0. The van der Waals surface area contributed by atoms with Crippen LogP contribution in [0.25, 0.3) is 0 Å². The van der Waals surface area contributed by atoms with Gasteiger partial charge in [-0.3, -0.25) is 0 Å². The van der Waals surface area contributed by atoms with Gasteiger partial charge in [0.15, 0.2) is 0 Å². The molecule has 1 rings (SSSR count). The SMILES string of the molecule is CC1COCC(C)N1S(C)(=O)=O. The fourth-order valence-electron chi connectivity index (χ4n) is 1.64. The highest BCUT2D eigenvalue weighted by atomic mass is 32.2. The lowest BCUT2D eigenvalue weighted by Crippen LogP contribution is -2.51. The Kier molecular flexibility index (Phi) is 2.75. The van der Waals surface area contributed by atoms with Crippen LogP contribution in [0.2, 0.25) is 0 Å². The van der Waals surface area contributed by atoms with Crippen LogP contribution in [0.1, 0.15) is 13.8 Å². The van der Waals surface area contributed by atoms with Gasteiger partial charge in [0.2, 0.25) is 10.0 Å². The monoisotopic (exact) mass is 193 g/mol. The van der Waals surface area contributed by atoms with Gasteiger partial charge in [-0.1, -0.05) is 0 Å².